The smallest absolute Gasteiger partial charge is 0.328 e. The molecule has 0 spiro atoms. The van der Waals surface area contributed by atoms with E-state index in [1.54, 1.807) is 25.8 Å². The lowest BCUT2D eigenvalue weighted by Crippen LogP contribution is -2.48. The molecule has 17 heavy (non-hydrogen) atoms. The molecule has 2 rings (SSSR count). The number of fused-ring (bicyclic) bond motifs is 1. The van der Waals surface area contributed by atoms with Crippen molar-refractivity contribution in [2.45, 2.75) is 19.4 Å². The lowest BCUT2D eigenvalue weighted by atomic mass is 10.0. The van der Waals surface area contributed by atoms with Gasteiger partial charge in [-0.25, -0.2) is 4.79 Å². The second-order valence-electron chi connectivity index (χ2n) is 4.14. The zero-order chi connectivity index (χ0) is 12.6. The predicted octanol–water partition coefficient (Wildman–Crippen LogP) is -0.181. The number of rotatable bonds is 3. The summed E-state index contributed by atoms with van der Waals surface area (Å²) >= 11 is 0. The molecule has 2 heterocycles. The van der Waals surface area contributed by atoms with Crippen LogP contribution in [0.2, 0.25) is 0 Å². The summed E-state index contributed by atoms with van der Waals surface area (Å²) < 4.78 is 1.44. The zero-order valence-corrected chi connectivity index (χ0v) is 9.69. The fourth-order valence-electron chi connectivity index (χ4n) is 1.32. The number of carboxylic acid groups (broad SMARTS) is 1. The summed E-state index contributed by atoms with van der Waals surface area (Å²) in [7, 11) is 1.66. The Bertz CT molecular complexity index is 563. The van der Waals surface area contributed by atoms with Gasteiger partial charge in [0, 0.05) is 7.05 Å². The summed E-state index contributed by atoms with van der Waals surface area (Å²) in [5.41, 5.74) is -0.613. The average molecular weight is 236 g/mol. The average Bonchev–Trinajstić information content (AvgIpc) is 2.75. The van der Waals surface area contributed by atoms with E-state index in [2.05, 4.69) is 20.5 Å². The second kappa shape index (κ2) is 3.65. The van der Waals surface area contributed by atoms with Crippen molar-refractivity contribution < 1.29 is 9.90 Å². The van der Waals surface area contributed by atoms with Gasteiger partial charge in [-0.15, -0.1) is 5.10 Å². The maximum absolute atomic E-state index is 11.2. The molecule has 0 radical (unpaired) electrons. The topological polar surface area (TPSA) is 96.5 Å². The monoisotopic (exact) mass is 236 g/mol. The highest BCUT2D eigenvalue weighted by molar-refractivity contribution is 5.82. The number of hydrogen-bond donors (Lipinski definition) is 1. The Kier molecular flexibility index (Phi) is 2.41. The van der Waals surface area contributed by atoms with Crippen molar-refractivity contribution in [2.24, 2.45) is 0 Å². The Morgan fingerprint density at radius 2 is 2.18 bits per heavy atom. The first kappa shape index (κ1) is 11.2. The molecule has 2 aromatic heterocycles. The molecule has 0 saturated carbocycles. The third-order valence-corrected chi connectivity index (χ3v) is 2.80. The third-order valence-electron chi connectivity index (χ3n) is 2.80. The molecule has 8 nitrogen and oxygen atoms in total. The van der Waals surface area contributed by atoms with Crippen molar-refractivity contribution >= 4 is 17.4 Å². The third kappa shape index (κ3) is 1.67. The van der Waals surface area contributed by atoms with Gasteiger partial charge in [0.15, 0.2) is 11.5 Å². The quantitative estimate of drug-likeness (QED) is 0.789. The number of nitrogens with zero attached hydrogens (tertiary/aromatic N) is 6. The van der Waals surface area contributed by atoms with Crippen molar-refractivity contribution in [1.82, 2.24) is 25.0 Å². The van der Waals surface area contributed by atoms with Gasteiger partial charge in [-0.3, -0.25) is 4.98 Å². The summed E-state index contributed by atoms with van der Waals surface area (Å²) in [5.74, 6) is -0.426. The van der Waals surface area contributed by atoms with Gasteiger partial charge in [0.05, 0.1) is 12.4 Å². The lowest BCUT2D eigenvalue weighted by molar-refractivity contribution is -0.142. The normalized spacial score (nSPS) is 11.7. The molecule has 0 aromatic carbocycles. The standard InChI is InChI=1S/C9H12N6O2/c1-9(2,8(16)17)14(3)7-5-10-4-6-11-12-13-15(6)7/h4-5H,1-3H3,(H,16,17). The van der Waals surface area contributed by atoms with E-state index in [0.29, 0.717) is 11.5 Å². The molecule has 0 atom stereocenters. The highest BCUT2D eigenvalue weighted by Gasteiger charge is 2.33. The van der Waals surface area contributed by atoms with E-state index in [4.69, 9.17) is 0 Å². The van der Waals surface area contributed by atoms with Gasteiger partial charge in [0.25, 0.3) is 0 Å². The van der Waals surface area contributed by atoms with E-state index < -0.39 is 11.5 Å². The van der Waals surface area contributed by atoms with Crippen LogP contribution in [0.3, 0.4) is 0 Å². The lowest BCUT2D eigenvalue weighted by Gasteiger charge is -2.32. The van der Waals surface area contributed by atoms with Crippen LogP contribution in [0.15, 0.2) is 12.4 Å². The Morgan fingerprint density at radius 3 is 2.82 bits per heavy atom. The van der Waals surface area contributed by atoms with Gasteiger partial charge < -0.3 is 10.0 Å². The Hall–Kier alpha value is -2.25. The van der Waals surface area contributed by atoms with Gasteiger partial charge in [-0.2, -0.15) is 4.52 Å². The number of likely N-dealkylation sites (N-methyl/N-ethyl adjacent to an activating group) is 1. The number of hydrogen-bond acceptors (Lipinski definition) is 6. The molecule has 0 unspecified atom stereocenters. The van der Waals surface area contributed by atoms with E-state index in [1.165, 1.54) is 16.9 Å². The van der Waals surface area contributed by atoms with Crippen molar-refractivity contribution in [3.8, 4) is 0 Å². The van der Waals surface area contributed by atoms with Crippen molar-refractivity contribution in [1.29, 1.82) is 0 Å². The van der Waals surface area contributed by atoms with Crippen molar-refractivity contribution in [3.05, 3.63) is 12.4 Å². The predicted molar refractivity (Wildman–Crippen MR) is 58.7 cm³/mol. The molecular formula is C9H12N6O2. The van der Waals surface area contributed by atoms with Crippen LogP contribution in [0.4, 0.5) is 5.82 Å². The van der Waals surface area contributed by atoms with E-state index in [-0.39, 0.29) is 0 Å². The van der Waals surface area contributed by atoms with Crippen molar-refractivity contribution in [3.63, 3.8) is 0 Å². The Labute approximate surface area is 96.9 Å². The SMILES string of the molecule is CN(c1cncc2nnnn12)C(C)(C)C(=O)O. The van der Waals surface area contributed by atoms with Crippen LogP contribution in [0.25, 0.3) is 5.65 Å². The minimum atomic E-state index is -1.08. The van der Waals surface area contributed by atoms with Crippen LogP contribution in [-0.4, -0.2) is 48.7 Å². The van der Waals surface area contributed by atoms with Gasteiger partial charge in [0.2, 0.25) is 0 Å². The Morgan fingerprint density at radius 1 is 1.47 bits per heavy atom. The largest absolute Gasteiger partial charge is 0.480 e. The maximum Gasteiger partial charge on any atom is 0.328 e. The summed E-state index contributed by atoms with van der Waals surface area (Å²) in [5, 5.41) is 20.2. The van der Waals surface area contributed by atoms with E-state index in [9.17, 15) is 9.90 Å². The summed E-state index contributed by atoms with van der Waals surface area (Å²) in [4.78, 5) is 16.7. The van der Waals surface area contributed by atoms with E-state index in [1.807, 2.05) is 0 Å². The van der Waals surface area contributed by atoms with E-state index >= 15 is 0 Å². The molecule has 2 aromatic rings. The van der Waals surface area contributed by atoms with Gasteiger partial charge >= 0.3 is 5.97 Å². The molecule has 0 aliphatic rings. The zero-order valence-electron chi connectivity index (χ0n) is 9.69. The molecule has 0 aliphatic carbocycles. The molecule has 0 fully saturated rings. The molecule has 0 amide bonds. The highest BCUT2D eigenvalue weighted by Crippen LogP contribution is 2.21. The molecule has 1 N–H and O–H groups in total. The van der Waals surface area contributed by atoms with Crippen LogP contribution >= 0.6 is 0 Å². The molecule has 0 saturated heterocycles. The van der Waals surface area contributed by atoms with Crippen LogP contribution in [0.5, 0.6) is 0 Å². The van der Waals surface area contributed by atoms with Crippen molar-refractivity contribution in [2.75, 3.05) is 11.9 Å². The fourth-order valence-corrected chi connectivity index (χ4v) is 1.32. The number of aliphatic carboxylic acids is 1. The first-order valence-corrected chi connectivity index (χ1v) is 4.94. The van der Waals surface area contributed by atoms with Gasteiger partial charge in [-0.05, 0) is 24.3 Å². The van der Waals surface area contributed by atoms with E-state index in [0.717, 1.165) is 0 Å². The van der Waals surface area contributed by atoms with Gasteiger partial charge in [-0.1, -0.05) is 0 Å². The number of aromatic nitrogens is 5. The van der Waals surface area contributed by atoms with Crippen LogP contribution in [0, 0.1) is 0 Å². The number of tetrazole rings is 1. The number of anilines is 1. The first-order chi connectivity index (χ1) is 7.94. The molecule has 0 bridgehead atoms. The molecule has 8 heteroatoms. The van der Waals surface area contributed by atoms with Gasteiger partial charge in [0.1, 0.15) is 5.54 Å². The van der Waals surface area contributed by atoms with Crippen LogP contribution in [-0.2, 0) is 4.79 Å². The Balaban J connectivity index is 2.53. The first-order valence-electron chi connectivity index (χ1n) is 4.94. The molecular weight excluding hydrogens is 224 g/mol. The minimum Gasteiger partial charge on any atom is -0.480 e. The maximum atomic E-state index is 11.2. The number of carbonyl (C=O) groups is 1. The summed E-state index contributed by atoms with van der Waals surface area (Å²) in [6, 6.07) is 0. The molecule has 90 valence electrons. The minimum absolute atomic E-state index is 0.468. The van der Waals surface area contributed by atoms with Crippen LogP contribution < -0.4 is 4.90 Å². The highest BCUT2D eigenvalue weighted by atomic mass is 16.4. The fraction of sp³-hybridized carbons (Fsp3) is 0.444. The van der Waals surface area contributed by atoms with Crippen LogP contribution in [0.1, 0.15) is 13.8 Å². The summed E-state index contributed by atoms with van der Waals surface area (Å²) in [6.45, 7) is 3.19. The molecule has 0 aliphatic heterocycles. The number of carboxylic acids is 1. The second-order valence-corrected chi connectivity index (χ2v) is 4.14. The summed E-state index contributed by atoms with van der Waals surface area (Å²) in [6.07, 6.45) is 3.03.